The van der Waals surface area contributed by atoms with Gasteiger partial charge >= 0.3 is 0 Å². The van der Waals surface area contributed by atoms with E-state index in [9.17, 15) is 9.90 Å². The van der Waals surface area contributed by atoms with Crippen molar-refractivity contribution in [2.75, 3.05) is 0 Å². The molecular formula is C18H17N3O2S. The van der Waals surface area contributed by atoms with E-state index >= 15 is 0 Å². The van der Waals surface area contributed by atoms with Crippen LogP contribution in [0.5, 0.6) is 0 Å². The van der Waals surface area contributed by atoms with E-state index in [1.807, 2.05) is 30.5 Å². The van der Waals surface area contributed by atoms with E-state index in [0.717, 1.165) is 16.5 Å². The summed E-state index contributed by atoms with van der Waals surface area (Å²) in [5, 5.41) is 13.8. The standard InChI is InChI=1S/C18H17N3O2S/c22-14-6-12(7-14)17(21-18(23)16-9-19-10-24-16)13-5-11-3-1-2-4-15(11)20-8-13/h1-5,8-10,12,14,17,22H,6-7H2,(H,21,23)/t12?,14?,17-/m0/s1. The molecule has 1 aliphatic rings. The monoisotopic (exact) mass is 339 g/mol. The van der Waals surface area contributed by atoms with Gasteiger partial charge < -0.3 is 10.4 Å². The zero-order valence-electron chi connectivity index (χ0n) is 12.9. The van der Waals surface area contributed by atoms with Crippen LogP contribution in [0, 0.1) is 5.92 Å². The van der Waals surface area contributed by atoms with E-state index in [1.54, 1.807) is 11.7 Å². The lowest BCUT2D eigenvalue weighted by Gasteiger charge is -2.38. The third-order valence-corrected chi connectivity index (χ3v) is 5.31. The molecule has 0 saturated heterocycles. The van der Waals surface area contributed by atoms with Crippen LogP contribution in [-0.4, -0.2) is 27.1 Å². The minimum Gasteiger partial charge on any atom is -0.393 e. The number of para-hydroxylation sites is 1. The Morgan fingerprint density at radius 3 is 2.88 bits per heavy atom. The average molecular weight is 339 g/mol. The van der Waals surface area contributed by atoms with E-state index in [-0.39, 0.29) is 24.0 Å². The number of carbonyl (C=O) groups is 1. The van der Waals surface area contributed by atoms with Crippen LogP contribution in [0.4, 0.5) is 0 Å². The first-order chi connectivity index (χ1) is 11.7. The second kappa shape index (κ2) is 6.30. The summed E-state index contributed by atoms with van der Waals surface area (Å²) < 4.78 is 0. The van der Waals surface area contributed by atoms with Gasteiger partial charge in [0.15, 0.2) is 0 Å². The summed E-state index contributed by atoms with van der Waals surface area (Å²) in [5.41, 5.74) is 3.56. The molecule has 1 aliphatic carbocycles. The first-order valence-electron chi connectivity index (χ1n) is 7.93. The van der Waals surface area contributed by atoms with E-state index in [1.165, 1.54) is 11.3 Å². The normalized spacial score (nSPS) is 21.2. The SMILES string of the molecule is O=C(N[C@H](c1cnc2ccccc2c1)C1CC(O)C1)c1cncs1. The lowest BCUT2D eigenvalue weighted by molar-refractivity contribution is 0.0235. The van der Waals surface area contributed by atoms with Crippen molar-refractivity contribution in [1.29, 1.82) is 0 Å². The summed E-state index contributed by atoms with van der Waals surface area (Å²) in [5.74, 6) is 0.0943. The lowest BCUT2D eigenvalue weighted by Crippen LogP contribution is -2.41. The molecular weight excluding hydrogens is 322 g/mol. The highest BCUT2D eigenvalue weighted by atomic mass is 32.1. The molecule has 1 fully saturated rings. The van der Waals surface area contributed by atoms with Gasteiger partial charge in [-0.25, -0.2) is 0 Å². The third-order valence-electron chi connectivity index (χ3n) is 4.53. The van der Waals surface area contributed by atoms with E-state index in [4.69, 9.17) is 0 Å². The fourth-order valence-electron chi connectivity index (χ4n) is 3.17. The summed E-state index contributed by atoms with van der Waals surface area (Å²) in [4.78, 5) is 21.5. The highest BCUT2D eigenvalue weighted by Crippen LogP contribution is 2.38. The predicted octanol–water partition coefficient (Wildman–Crippen LogP) is 2.93. The van der Waals surface area contributed by atoms with Gasteiger partial charge in [0, 0.05) is 11.6 Å². The molecule has 0 bridgehead atoms. The molecule has 1 amide bonds. The number of rotatable bonds is 4. The maximum Gasteiger partial charge on any atom is 0.263 e. The number of benzene rings is 1. The Morgan fingerprint density at radius 2 is 2.12 bits per heavy atom. The molecule has 1 atom stereocenters. The number of aliphatic hydroxyl groups excluding tert-OH is 1. The number of fused-ring (bicyclic) bond motifs is 1. The van der Waals surface area contributed by atoms with Crippen LogP contribution in [0.1, 0.15) is 34.1 Å². The van der Waals surface area contributed by atoms with Crippen molar-refractivity contribution in [3.63, 3.8) is 0 Å². The molecule has 122 valence electrons. The number of aliphatic hydroxyl groups is 1. The molecule has 0 unspecified atom stereocenters. The summed E-state index contributed by atoms with van der Waals surface area (Å²) in [6.45, 7) is 0. The fraction of sp³-hybridized carbons (Fsp3) is 0.278. The number of thiazole rings is 1. The number of hydrogen-bond acceptors (Lipinski definition) is 5. The van der Waals surface area contributed by atoms with Gasteiger partial charge in [-0.15, -0.1) is 11.3 Å². The molecule has 0 spiro atoms. The first-order valence-corrected chi connectivity index (χ1v) is 8.81. The van der Waals surface area contributed by atoms with Gasteiger partial charge in [-0.2, -0.15) is 0 Å². The van der Waals surface area contributed by atoms with Gasteiger partial charge in [0.2, 0.25) is 0 Å². The first kappa shape index (κ1) is 15.2. The Morgan fingerprint density at radius 1 is 1.29 bits per heavy atom. The smallest absolute Gasteiger partial charge is 0.263 e. The summed E-state index contributed by atoms with van der Waals surface area (Å²) in [7, 11) is 0. The van der Waals surface area contributed by atoms with Crippen molar-refractivity contribution in [2.45, 2.75) is 25.0 Å². The number of nitrogens with one attached hydrogen (secondary N) is 1. The molecule has 24 heavy (non-hydrogen) atoms. The summed E-state index contributed by atoms with van der Waals surface area (Å²) in [6, 6.07) is 9.84. The second-order valence-electron chi connectivity index (χ2n) is 6.16. The lowest BCUT2D eigenvalue weighted by atomic mass is 9.75. The second-order valence-corrected chi connectivity index (χ2v) is 7.05. The number of amides is 1. The topological polar surface area (TPSA) is 75.1 Å². The van der Waals surface area contributed by atoms with Crippen molar-refractivity contribution in [2.24, 2.45) is 5.92 Å². The van der Waals surface area contributed by atoms with Crippen molar-refractivity contribution in [1.82, 2.24) is 15.3 Å². The molecule has 2 N–H and O–H groups in total. The van der Waals surface area contributed by atoms with E-state index in [2.05, 4.69) is 21.4 Å². The van der Waals surface area contributed by atoms with Gasteiger partial charge in [-0.05, 0) is 36.5 Å². The number of pyridine rings is 1. The van der Waals surface area contributed by atoms with E-state index in [0.29, 0.717) is 17.7 Å². The minimum atomic E-state index is -0.272. The van der Waals surface area contributed by atoms with Crippen LogP contribution in [0.15, 0.2) is 48.2 Å². The summed E-state index contributed by atoms with van der Waals surface area (Å²) >= 11 is 1.32. The third kappa shape index (κ3) is 2.90. The number of nitrogens with zero attached hydrogens (tertiary/aromatic N) is 2. The molecule has 0 aliphatic heterocycles. The molecule has 4 rings (SSSR count). The van der Waals surface area contributed by atoms with Crippen molar-refractivity contribution in [3.8, 4) is 0 Å². The molecule has 2 heterocycles. The van der Waals surface area contributed by atoms with Crippen molar-refractivity contribution in [3.05, 3.63) is 58.7 Å². The van der Waals surface area contributed by atoms with Crippen LogP contribution >= 0.6 is 11.3 Å². The maximum atomic E-state index is 12.5. The minimum absolute atomic E-state index is 0.128. The van der Waals surface area contributed by atoms with Gasteiger partial charge in [-0.3, -0.25) is 14.8 Å². The number of hydrogen-bond donors (Lipinski definition) is 2. The Kier molecular flexibility index (Phi) is 4.00. The quantitative estimate of drug-likeness (QED) is 0.766. The molecule has 5 nitrogen and oxygen atoms in total. The largest absolute Gasteiger partial charge is 0.393 e. The van der Waals surface area contributed by atoms with Gasteiger partial charge in [-0.1, -0.05) is 18.2 Å². The van der Waals surface area contributed by atoms with Crippen LogP contribution in [0.25, 0.3) is 10.9 Å². The molecule has 6 heteroatoms. The molecule has 3 aromatic rings. The Bertz CT molecular complexity index is 860. The number of aromatic nitrogens is 2. The Hall–Kier alpha value is -2.31. The fourth-order valence-corrected chi connectivity index (χ4v) is 3.70. The van der Waals surface area contributed by atoms with Gasteiger partial charge in [0.25, 0.3) is 5.91 Å². The van der Waals surface area contributed by atoms with Crippen molar-refractivity contribution < 1.29 is 9.90 Å². The Balaban J connectivity index is 1.65. The maximum absolute atomic E-state index is 12.5. The zero-order chi connectivity index (χ0) is 16.5. The Labute approximate surface area is 143 Å². The van der Waals surface area contributed by atoms with E-state index < -0.39 is 0 Å². The van der Waals surface area contributed by atoms with Gasteiger partial charge in [0.05, 0.1) is 29.4 Å². The molecule has 2 aromatic heterocycles. The average Bonchev–Trinajstić information content (AvgIpc) is 3.11. The van der Waals surface area contributed by atoms with Crippen LogP contribution < -0.4 is 5.32 Å². The summed E-state index contributed by atoms with van der Waals surface area (Å²) in [6.07, 6.45) is 4.52. The van der Waals surface area contributed by atoms with Crippen LogP contribution in [0.3, 0.4) is 0 Å². The number of carbonyl (C=O) groups excluding carboxylic acids is 1. The molecule has 1 saturated carbocycles. The van der Waals surface area contributed by atoms with Gasteiger partial charge in [0.1, 0.15) is 4.88 Å². The molecule has 1 aromatic carbocycles. The highest BCUT2D eigenvalue weighted by Gasteiger charge is 2.36. The van der Waals surface area contributed by atoms with Crippen LogP contribution in [0.2, 0.25) is 0 Å². The zero-order valence-corrected chi connectivity index (χ0v) is 13.7. The van der Waals surface area contributed by atoms with Crippen LogP contribution in [-0.2, 0) is 0 Å². The molecule has 0 radical (unpaired) electrons. The van der Waals surface area contributed by atoms with Crippen molar-refractivity contribution >= 4 is 28.1 Å². The predicted molar refractivity (Wildman–Crippen MR) is 92.8 cm³/mol. The highest BCUT2D eigenvalue weighted by molar-refractivity contribution is 7.11.